The fourth-order valence-corrected chi connectivity index (χ4v) is 4.64. The molecule has 6 nitrogen and oxygen atoms in total. The molecule has 7 heteroatoms. The summed E-state index contributed by atoms with van der Waals surface area (Å²) in [6, 6.07) is 5.47. The summed E-state index contributed by atoms with van der Waals surface area (Å²) in [7, 11) is 1.88. The monoisotopic (exact) mass is 394 g/mol. The van der Waals surface area contributed by atoms with Crippen molar-refractivity contribution in [1.29, 1.82) is 0 Å². The topological polar surface area (TPSA) is 61.9 Å². The van der Waals surface area contributed by atoms with E-state index in [1.165, 1.54) is 0 Å². The Morgan fingerprint density at radius 2 is 2.10 bits per heavy atom. The molecule has 0 saturated heterocycles. The van der Waals surface area contributed by atoms with Crippen molar-refractivity contribution >= 4 is 5.97 Å². The van der Waals surface area contributed by atoms with Crippen LogP contribution < -0.4 is 0 Å². The molecule has 1 aromatic carbocycles. The number of imidazole rings is 1. The second kappa shape index (κ2) is 6.54. The fraction of sp³-hybridized carbons (Fsp3) is 0.409. The molecule has 0 amide bonds. The second-order valence-electron chi connectivity index (χ2n) is 7.98. The first-order chi connectivity index (χ1) is 14.0. The molecule has 2 heterocycles. The van der Waals surface area contributed by atoms with Crippen LogP contribution in [0, 0.1) is 12.7 Å². The van der Waals surface area contributed by atoms with Crippen molar-refractivity contribution in [2.75, 3.05) is 6.61 Å². The number of aromatic nitrogens is 4. The molecule has 150 valence electrons. The number of hydrogen-bond acceptors (Lipinski definition) is 4. The summed E-state index contributed by atoms with van der Waals surface area (Å²) in [5.74, 6) is 0.330. The van der Waals surface area contributed by atoms with E-state index >= 15 is 0 Å². The summed E-state index contributed by atoms with van der Waals surface area (Å²) in [6.45, 7) is 4.33. The number of esters is 1. The van der Waals surface area contributed by atoms with Gasteiger partial charge < -0.3 is 9.30 Å². The number of carbonyl (C=O) groups is 1. The lowest BCUT2D eigenvalue weighted by Crippen LogP contribution is -2.24. The zero-order valence-electron chi connectivity index (χ0n) is 16.8. The van der Waals surface area contributed by atoms with Crippen LogP contribution in [0.15, 0.2) is 24.4 Å². The number of halogens is 1. The van der Waals surface area contributed by atoms with Gasteiger partial charge in [-0.3, -0.25) is 4.68 Å². The highest BCUT2D eigenvalue weighted by molar-refractivity contribution is 5.88. The highest BCUT2D eigenvalue weighted by atomic mass is 19.1. The van der Waals surface area contributed by atoms with Crippen molar-refractivity contribution in [2.24, 2.45) is 7.05 Å². The first kappa shape index (κ1) is 18.1. The zero-order valence-corrected chi connectivity index (χ0v) is 16.8. The van der Waals surface area contributed by atoms with Crippen LogP contribution in [0.3, 0.4) is 0 Å². The Bertz CT molecular complexity index is 1120. The van der Waals surface area contributed by atoms with E-state index in [4.69, 9.17) is 9.72 Å². The number of benzene rings is 1. The van der Waals surface area contributed by atoms with Gasteiger partial charge in [0.15, 0.2) is 0 Å². The molecule has 3 aliphatic carbocycles. The zero-order chi connectivity index (χ0) is 20.3. The average Bonchev–Trinajstić information content (AvgIpc) is 3.15. The van der Waals surface area contributed by atoms with E-state index in [-0.39, 0.29) is 12.4 Å². The fourth-order valence-electron chi connectivity index (χ4n) is 4.64. The molecule has 6 rings (SSSR count). The quantitative estimate of drug-likeness (QED) is 0.629. The average molecular weight is 394 g/mol. The summed E-state index contributed by atoms with van der Waals surface area (Å²) < 4.78 is 23.4. The molecule has 2 bridgehead atoms. The molecule has 0 radical (unpaired) electrons. The van der Waals surface area contributed by atoms with E-state index in [2.05, 4.69) is 5.10 Å². The van der Waals surface area contributed by atoms with Gasteiger partial charge in [0.25, 0.3) is 0 Å². The molecule has 1 fully saturated rings. The molecule has 3 aliphatic rings. The molecule has 29 heavy (non-hydrogen) atoms. The molecule has 0 spiro atoms. The normalized spacial score (nSPS) is 19.2. The first-order valence-corrected chi connectivity index (χ1v) is 10.0. The van der Waals surface area contributed by atoms with Gasteiger partial charge in [-0.25, -0.2) is 14.2 Å². The Balaban J connectivity index is 1.73. The van der Waals surface area contributed by atoms with E-state index < -0.39 is 5.97 Å². The maximum absolute atomic E-state index is 14.3. The minimum atomic E-state index is -0.431. The van der Waals surface area contributed by atoms with Gasteiger partial charge in [0.05, 0.1) is 24.5 Å². The second-order valence-corrected chi connectivity index (χ2v) is 7.98. The van der Waals surface area contributed by atoms with Crippen LogP contribution in [0.2, 0.25) is 0 Å². The van der Waals surface area contributed by atoms with Gasteiger partial charge in [0.2, 0.25) is 5.82 Å². The van der Waals surface area contributed by atoms with E-state index in [0.29, 0.717) is 29.8 Å². The lowest BCUT2D eigenvalue weighted by Gasteiger charge is -2.34. The first-order valence-electron chi connectivity index (χ1n) is 10.0. The summed E-state index contributed by atoms with van der Waals surface area (Å²) >= 11 is 0. The molecule has 3 aromatic rings. The minimum Gasteiger partial charge on any atom is -0.460 e. The number of carbonyl (C=O) groups excluding carboxylic acids is 1. The van der Waals surface area contributed by atoms with E-state index in [0.717, 1.165) is 41.1 Å². The van der Waals surface area contributed by atoms with Crippen molar-refractivity contribution in [3.05, 3.63) is 58.6 Å². The number of nitrogens with zero attached hydrogens (tertiary/aromatic N) is 4. The van der Waals surface area contributed by atoms with E-state index in [1.54, 1.807) is 30.8 Å². The van der Waals surface area contributed by atoms with Crippen molar-refractivity contribution in [2.45, 2.75) is 45.1 Å². The van der Waals surface area contributed by atoms with E-state index in [1.807, 2.05) is 23.7 Å². The molecule has 0 aliphatic heterocycles. The van der Waals surface area contributed by atoms with Crippen LogP contribution in [0.25, 0.3) is 11.3 Å². The molecular formula is C22H23FN4O2. The maximum atomic E-state index is 14.3. The van der Waals surface area contributed by atoms with Gasteiger partial charge in [-0.15, -0.1) is 0 Å². The predicted octanol–water partition coefficient (Wildman–Crippen LogP) is 3.93. The number of rotatable bonds is 4. The summed E-state index contributed by atoms with van der Waals surface area (Å²) in [5, 5.41) is 4.25. The third kappa shape index (κ3) is 2.71. The van der Waals surface area contributed by atoms with Gasteiger partial charge in [-0.2, -0.15) is 5.10 Å². The van der Waals surface area contributed by atoms with Crippen LogP contribution in [0.1, 0.15) is 64.7 Å². The highest BCUT2D eigenvalue weighted by Gasteiger charge is 2.42. The minimum absolute atomic E-state index is 0.185. The third-order valence-corrected chi connectivity index (χ3v) is 6.26. The number of ether oxygens (including phenoxy) is 1. The van der Waals surface area contributed by atoms with Crippen LogP contribution in [0.5, 0.6) is 0 Å². The van der Waals surface area contributed by atoms with Crippen LogP contribution in [0.4, 0.5) is 4.39 Å². The van der Waals surface area contributed by atoms with E-state index in [9.17, 15) is 9.18 Å². The molecule has 1 saturated carbocycles. The van der Waals surface area contributed by atoms with Crippen molar-refractivity contribution in [1.82, 2.24) is 19.3 Å². The molecule has 2 aromatic heterocycles. The number of hydrogen-bond donors (Lipinski definition) is 0. The lowest BCUT2D eigenvalue weighted by atomic mass is 9.71. The Hall–Kier alpha value is -2.96. The molecular weight excluding hydrogens is 371 g/mol. The van der Waals surface area contributed by atoms with Gasteiger partial charge in [-0.05, 0) is 61.9 Å². The molecule has 0 unspecified atom stereocenters. The Morgan fingerprint density at radius 1 is 1.31 bits per heavy atom. The van der Waals surface area contributed by atoms with Gasteiger partial charge in [0, 0.05) is 30.4 Å². The maximum Gasteiger partial charge on any atom is 0.374 e. The van der Waals surface area contributed by atoms with Crippen molar-refractivity contribution in [3.8, 4) is 11.3 Å². The van der Waals surface area contributed by atoms with Gasteiger partial charge in [-0.1, -0.05) is 0 Å². The molecule has 0 N–H and O–H groups in total. The predicted molar refractivity (Wildman–Crippen MR) is 105 cm³/mol. The summed E-state index contributed by atoms with van der Waals surface area (Å²) in [4.78, 5) is 17.5. The summed E-state index contributed by atoms with van der Waals surface area (Å²) in [6.07, 6.45) is 3.64. The Labute approximate surface area is 168 Å². The summed E-state index contributed by atoms with van der Waals surface area (Å²) in [5.41, 5.74) is 5.36. The lowest BCUT2D eigenvalue weighted by molar-refractivity contribution is 0.0506. The van der Waals surface area contributed by atoms with Gasteiger partial charge in [0.1, 0.15) is 5.82 Å². The Morgan fingerprint density at radius 3 is 2.79 bits per heavy atom. The standard InChI is InChI=1S/C22H23FN4O2/c1-4-29-22(28)21-25-19-17-7-12(2)18(23)10-16(17)13-8-14(9-13)20(19)27(21)11-15-5-6-24-26(15)3/h5-7,10,13-14H,4,8-9,11H2,1-3H3. The van der Waals surface area contributed by atoms with Gasteiger partial charge >= 0.3 is 5.97 Å². The van der Waals surface area contributed by atoms with Crippen molar-refractivity contribution < 1.29 is 13.9 Å². The smallest absolute Gasteiger partial charge is 0.374 e. The molecule has 0 atom stereocenters. The Kier molecular flexibility index (Phi) is 4.08. The van der Waals surface area contributed by atoms with Crippen molar-refractivity contribution in [3.63, 3.8) is 0 Å². The van der Waals surface area contributed by atoms with Crippen LogP contribution in [-0.4, -0.2) is 31.9 Å². The van der Waals surface area contributed by atoms with Crippen LogP contribution >= 0.6 is 0 Å². The van der Waals surface area contributed by atoms with Crippen LogP contribution in [-0.2, 0) is 18.3 Å². The third-order valence-electron chi connectivity index (χ3n) is 6.26. The largest absolute Gasteiger partial charge is 0.460 e. The number of aryl methyl sites for hydroxylation is 2. The highest BCUT2D eigenvalue weighted by Crippen LogP contribution is 2.55. The SMILES string of the molecule is CCOC(=O)c1nc2c(n1Cc1ccnn1C)C1CC(C1)c1cc(F)c(C)cc1-2.